The lowest BCUT2D eigenvalue weighted by Gasteiger charge is -2.51. The minimum absolute atomic E-state index is 0.0515. The van der Waals surface area contributed by atoms with Gasteiger partial charge in [0.05, 0.1) is 11.4 Å². The van der Waals surface area contributed by atoms with E-state index >= 15 is 0 Å². The molecule has 4 rings (SSSR count). The number of rotatable bonds is 3. The molecule has 25 heavy (non-hydrogen) atoms. The molecule has 1 aromatic carbocycles. The zero-order valence-electron chi connectivity index (χ0n) is 14.6. The van der Waals surface area contributed by atoms with Crippen molar-refractivity contribution < 1.29 is 14.9 Å². The average Bonchev–Trinajstić information content (AvgIpc) is 2.66. The van der Waals surface area contributed by atoms with Gasteiger partial charge in [-0.25, -0.2) is 4.98 Å². The Hall–Kier alpha value is -2.04. The lowest BCUT2D eigenvalue weighted by Crippen LogP contribution is -2.66. The number of likely N-dealkylation sites (tertiary alicyclic amines) is 1. The first-order valence-corrected chi connectivity index (χ1v) is 9.29. The molecule has 1 aliphatic heterocycles. The van der Waals surface area contributed by atoms with Gasteiger partial charge in [-0.05, 0) is 55.1 Å². The van der Waals surface area contributed by atoms with Gasteiger partial charge in [0.1, 0.15) is 0 Å². The summed E-state index contributed by atoms with van der Waals surface area (Å²) in [4.78, 5) is 18.2. The SMILES string of the molecule is CCC(=C1C(=O)C(N2CCCCC2)C1[O-])c1cc[nH+]c2ccccc12. The first-order valence-electron chi connectivity index (χ1n) is 9.29. The number of allylic oxidation sites excluding steroid dienone is 1. The maximum Gasteiger partial charge on any atom is 0.211 e. The zero-order chi connectivity index (χ0) is 17.4. The number of carbonyl (C=O) groups is 1. The van der Waals surface area contributed by atoms with E-state index in [1.165, 1.54) is 6.42 Å². The molecule has 2 fully saturated rings. The maximum absolute atomic E-state index is 12.9. The summed E-state index contributed by atoms with van der Waals surface area (Å²) in [5, 5.41) is 14.0. The molecule has 0 bridgehead atoms. The number of nitrogens with zero attached hydrogens (tertiary/aromatic N) is 1. The molecule has 0 amide bonds. The Labute approximate surface area is 148 Å². The van der Waals surface area contributed by atoms with E-state index < -0.39 is 12.1 Å². The van der Waals surface area contributed by atoms with Crippen LogP contribution in [0.1, 0.15) is 38.2 Å². The molecule has 2 aromatic rings. The van der Waals surface area contributed by atoms with E-state index in [1.54, 1.807) is 0 Å². The fourth-order valence-electron chi connectivity index (χ4n) is 4.31. The summed E-state index contributed by atoms with van der Waals surface area (Å²) in [6.07, 6.45) is 5.06. The van der Waals surface area contributed by atoms with Gasteiger partial charge in [0.25, 0.3) is 0 Å². The van der Waals surface area contributed by atoms with Crippen molar-refractivity contribution in [2.45, 2.75) is 44.8 Å². The minimum atomic E-state index is -0.913. The van der Waals surface area contributed by atoms with E-state index in [2.05, 4.69) is 9.88 Å². The highest BCUT2D eigenvalue weighted by atomic mass is 16.3. The number of ketones is 1. The first-order chi connectivity index (χ1) is 12.2. The highest BCUT2D eigenvalue weighted by Crippen LogP contribution is 2.37. The number of para-hydroxylation sites is 1. The van der Waals surface area contributed by atoms with Gasteiger partial charge in [0.15, 0.2) is 12.0 Å². The molecular formula is C21H24N2O2. The summed E-state index contributed by atoms with van der Waals surface area (Å²) >= 11 is 0. The molecule has 2 aliphatic rings. The maximum atomic E-state index is 12.9. The average molecular weight is 336 g/mol. The number of hydrogen-bond acceptors (Lipinski definition) is 3. The van der Waals surface area contributed by atoms with Crippen molar-refractivity contribution in [1.29, 1.82) is 0 Å². The number of pyridine rings is 1. The number of aromatic amines is 1. The predicted octanol–water partition coefficient (Wildman–Crippen LogP) is 1.98. The summed E-state index contributed by atoms with van der Waals surface area (Å²) in [5.41, 5.74) is 3.46. The van der Waals surface area contributed by atoms with Crippen LogP contribution in [0.25, 0.3) is 16.5 Å². The summed E-state index contributed by atoms with van der Waals surface area (Å²) in [6, 6.07) is 9.58. The van der Waals surface area contributed by atoms with E-state index in [-0.39, 0.29) is 5.78 Å². The second kappa shape index (κ2) is 6.70. The monoisotopic (exact) mass is 336 g/mol. The molecule has 1 aliphatic carbocycles. The molecule has 1 saturated carbocycles. The number of carbonyl (C=O) groups excluding carboxylic acids is 1. The zero-order valence-corrected chi connectivity index (χ0v) is 14.6. The third-order valence-electron chi connectivity index (χ3n) is 5.60. The summed E-state index contributed by atoms with van der Waals surface area (Å²) in [6.45, 7) is 3.79. The molecule has 0 spiro atoms. The van der Waals surface area contributed by atoms with Gasteiger partial charge in [-0.1, -0.05) is 31.6 Å². The number of benzene rings is 1. The number of fused-ring (bicyclic) bond motifs is 1. The second-order valence-corrected chi connectivity index (χ2v) is 7.01. The van der Waals surface area contributed by atoms with E-state index in [0.717, 1.165) is 48.0 Å². The van der Waals surface area contributed by atoms with Crippen molar-refractivity contribution in [3.63, 3.8) is 0 Å². The fourth-order valence-corrected chi connectivity index (χ4v) is 4.31. The molecule has 4 nitrogen and oxygen atoms in total. The Balaban J connectivity index is 1.74. The van der Waals surface area contributed by atoms with E-state index in [1.807, 2.05) is 43.5 Å². The predicted molar refractivity (Wildman–Crippen MR) is 95.7 cm³/mol. The van der Waals surface area contributed by atoms with Gasteiger partial charge < -0.3 is 5.11 Å². The van der Waals surface area contributed by atoms with Crippen molar-refractivity contribution in [2.75, 3.05) is 13.1 Å². The van der Waals surface area contributed by atoms with Crippen LogP contribution in [0, 0.1) is 0 Å². The van der Waals surface area contributed by atoms with Crippen molar-refractivity contribution >= 4 is 22.3 Å². The summed E-state index contributed by atoms with van der Waals surface area (Å²) < 4.78 is 0. The van der Waals surface area contributed by atoms with Crippen LogP contribution in [0.4, 0.5) is 0 Å². The third-order valence-corrected chi connectivity index (χ3v) is 5.60. The lowest BCUT2D eigenvalue weighted by molar-refractivity contribution is -0.422. The molecule has 2 heterocycles. The number of piperidine rings is 1. The Morgan fingerprint density at radius 3 is 2.68 bits per heavy atom. The number of hydrogen-bond donors (Lipinski definition) is 0. The molecule has 0 radical (unpaired) electrons. The molecule has 4 heteroatoms. The van der Waals surface area contributed by atoms with Crippen molar-refractivity contribution in [3.8, 4) is 0 Å². The van der Waals surface area contributed by atoms with Gasteiger partial charge in [0.2, 0.25) is 5.52 Å². The van der Waals surface area contributed by atoms with Crippen LogP contribution in [0.15, 0.2) is 42.1 Å². The normalized spacial score (nSPS) is 26.6. The lowest BCUT2D eigenvalue weighted by atomic mass is 9.74. The van der Waals surface area contributed by atoms with Crippen molar-refractivity contribution in [2.24, 2.45) is 0 Å². The van der Waals surface area contributed by atoms with Crippen LogP contribution in [-0.4, -0.2) is 35.9 Å². The number of nitrogens with one attached hydrogen (secondary N) is 1. The molecule has 1 N–H and O–H groups in total. The van der Waals surface area contributed by atoms with Crippen LogP contribution in [0.3, 0.4) is 0 Å². The van der Waals surface area contributed by atoms with E-state index in [9.17, 15) is 9.90 Å². The molecule has 2 unspecified atom stereocenters. The number of H-pyrrole nitrogens is 1. The van der Waals surface area contributed by atoms with E-state index in [4.69, 9.17) is 0 Å². The van der Waals surface area contributed by atoms with Gasteiger partial charge in [-0.3, -0.25) is 9.69 Å². The highest BCUT2D eigenvalue weighted by molar-refractivity contribution is 6.15. The third kappa shape index (κ3) is 2.70. The van der Waals surface area contributed by atoms with E-state index in [0.29, 0.717) is 12.0 Å². The Morgan fingerprint density at radius 1 is 1.20 bits per heavy atom. The van der Waals surface area contributed by atoms with Crippen molar-refractivity contribution in [3.05, 3.63) is 47.7 Å². The second-order valence-electron chi connectivity index (χ2n) is 7.01. The van der Waals surface area contributed by atoms with Crippen LogP contribution < -0.4 is 10.1 Å². The molecule has 2 atom stereocenters. The van der Waals surface area contributed by atoms with Crippen molar-refractivity contribution in [1.82, 2.24) is 4.90 Å². The van der Waals surface area contributed by atoms with Gasteiger partial charge in [0, 0.05) is 12.1 Å². The summed E-state index contributed by atoms with van der Waals surface area (Å²) in [5.74, 6) is 0.0515. The molecular weight excluding hydrogens is 312 g/mol. The first kappa shape index (κ1) is 16.4. The Bertz CT molecular complexity index is 831. The molecule has 130 valence electrons. The van der Waals surface area contributed by atoms with Gasteiger partial charge in [-0.2, -0.15) is 0 Å². The number of aromatic nitrogens is 1. The van der Waals surface area contributed by atoms with Crippen LogP contribution >= 0.6 is 0 Å². The number of Topliss-reactive ketones (excluding diaryl/α,β-unsaturated/α-hetero) is 1. The summed E-state index contributed by atoms with van der Waals surface area (Å²) in [7, 11) is 0. The van der Waals surface area contributed by atoms with Gasteiger partial charge >= 0.3 is 0 Å². The fraction of sp³-hybridized carbons (Fsp3) is 0.429. The molecule has 1 aromatic heterocycles. The van der Waals surface area contributed by atoms with Crippen LogP contribution in [0.5, 0.6) is 0 Å². The van der Waals surface area contributed by atoms with Crippen LogP contribution in [0.2, 0.25) is 0 Å². The van der Waals surface area contributed by atoms with Crippen LogP contribution in [-0.2, 0) is 4.79 Å². The standard InChI is InChI=1S/C21H23N2O2/c1-2-14(15-10-11-22-17-9-5-4-8-16(15)17)18-20(24)19(21(18)25)23-12-6-3-7-13-23/h4-5,8-11,19-20H,2-3,6-7,12-13H2,1H3/q-1/p+1. The smallest absolute Gasteiger partial charge is 0.211 e. The minimum Gasteiger partial charge on any atom is -0.847 e. The largest absolute Gasteiger partial charge is 0.847 e. The Kier molecular flexibility index (Phi) is 4.40. The Morgan fingerprint density at radius 2 is 1.96 bits per heavy atom. The highest BCUT2D eigenvalue weighted by Gasteiger charge is 2.43. The quantitative estimate of drug-likeness (QED) is 0.806. The topological polar surface area (TPSA) is 57.5 Å². The molecule has 1 saturated heterocycles. The van der Waals surface area contributed by atoms with Gasteiger partial charge in [-0.15, -0.1) is 0 Å².